The molecule has 2 heterocycles. The summed E-state index contributed by atoms with van der Waals surface area (Å²) in [6.07, 6.45) is 7.95. The van der Waals surface area contributed by atoms with Crippen molar-refractivity contribution in [3.05, 3.63) is 35.9 Å². The Morgan fingerprint density at radius 3 is 2.54 bits per heavy atom. The largest absolute Gasteiger partial charge is 0.381 e. The number of ether oxygens (including phenoxy) is 2. The minimum Gasteiger partial charge on any atom is -0.381 e. The van der Waals surface area contributed by atoms with Crippen LogP contribution in [0.5, 0.6) is 0 Å². The van der Waals surface area contributed by atoms with Crippen LogP contribution in [0.15, 0.2) is 30.3 Å². The Hall–Kier alpha value is -0.900. The molecular weight excluding hydrogens is 298 g/mol. The van der Waals surface area contributed by atoms with Gasteiger partial charge in [0, 0.05) is 44.9 Å². The first-order valence-corrected chi connectivity index (χ1v) is 9.86. The summed E-state index contributed by atoms with van der Waals surface area (Å²) in [6, 6.07) is 11.7. The van der Waals surface area contributed by atoms with E-state index in [9.17, 15) is 0 Å². The first-order chi connectivity index (χ1) is 11.9. The molecule has 132 valence electrons. The van der Waals surface area contributed by atoms with Gasteiger partial charge in [-0.1, -0.05) is 30.3 Å². The average molecular weight is 329 g/mol. The average Bonchev–Trinajstić information content (AvgIpc) is 3.47. The van der Waals surface area contributed by atoms with Gasteiger partial charge in [-0.2, -0.15) is 0 Å². The van der Waals surface area contributed by atoms with E-state index in [-0.39, 0.29) is 0 Å². The van der Waals surface area contributed by atoms with Gasteiger partial charge in [-0.25, -0.2) is 0 Å². The second-order valence-corrected chi connectivity index (χ2v) is 7.89. The maximum absolute atomic E-state index is 6.38. The molecule has 3 fully saturated rings. The Morgan fingerprint density at radius 2 is 1.79 bits per heavy atom. The van der Waals surface area contributed by atoms with Gasteiger partial charge in [0.25, 0.3) is 0 Å². The van der Waals surface area contributed by atoms with Crippen molar-refractivity contribution >= 4 is 0 Å². The van der Waals surface area contributed by atoms with Gasteiger partial charge >= 0.3 is 0 Å². The lowest BCUT2D eigenvalue weighted by Crippen LogP contribution is -2.50. The van der Waals surface area contributed by atoms with Gasteiger partial charge in [0.2, 0.25) is 0 Å². The van der Waals surface area contributed by atoms with Crippen LogP contribution in [-0.4, -0.2) is 50.0 Å². The zero-order chi connectivity index (χ0) is 16.2. The van der Waals surface area contributed by atoms with Crippen molar-refractivity contribution < 1.29 is 9.47 Å². The maximum atomic E-state index is 6.38. The van der Waals surface area contributed by atoms with E-state index in [2.05, 4.69) is 35.2 Å². The SMILES string of the molecule is c1ccc(C[C@H]2CN(C3CCOCC3)CC[C@@H]2OCC2CC2)cc1. The lowest BCUT2D eigenvalue weighted by molar-refractivity contribution is -0.0583. The third kappa shape index (κ3) is 4.38. The highest BCUT2D eigenvalue weighted by Gasteiger charge is 2.34. The van der Waals surface area contributed by atoms with E-state index in [0.717, 1.165) is 38.2 Å². The summed E-state index contributed by atoms with van der Waals surface area (Å²) < 4.78 is 11.9. The molecule has 4 rings (SSSR count). The third-order valence-electron chi connectivity index (χ3n) is 5.99. The molecule has 0 unspecified atom stereocenters. The quantitative estimate of drug-likeness (QED) is 0.797. The van der Waals surface area contributed by atoms with Gasteiger partial charge in [0.15, 0.2) is 0 Å². The zero-order valence-electron chi connectivity index (χ0n) is 14.7. The Morgan fingerprint density at radius 1 is 1.00 bits per heavy atom. The highest BCUT2D eigenvalue weighted by Crippen LogP contribution is 2.32. The van der Waals surface area contributed by atoms with Crippen LogP contribution in [0, 0.1) is 11.8 Å². The van der Waals surface area contributed by atoms with E-state index in [1.807, 2.05) is 0 Å². The molecule has 3 heteroatoms. The van der Waals surface area contributed by atoms with E-state index in [1.54, 1.807) is 0 Å². The zero-order valence-corrected chi connectivity index (χ0v) is 14.7. The summed E-state index contributed by atoms with van der Waals surface area (Å²) in [6.45, 7) is 5.26. The molecule has 3 aliphatic rings. The molecule has 3 nitrogen and oxygen atoms in total. The molecular formula is C21H31NO2. The summed E-state index contributed by atoms with van der Waals surface area (Å²) in [4.78, 5) is 2.73. The predicted octanol–water partition coefficient (Wildman–Crippen LogP) is 3.53. The first-order valence-electron chi connectivity index (χ1n) is 9.86. The molecule has 0 spiro atoms. The van der Waals surface area contributed by atoms with Crippen molar-refractivity contribution in [3.8, 4) is 0 Å². The third-order valence-corrected chi connectivity index (χ3v) is 5.99. The summed E-state index contributed by atoms with van der Waals surface area (Å²) in [5.74, 6) is 1.48. The lowest BCUT2D eigenvalue weighted by Gasteiger charge is -2.43. The van der Waals surface area contributed by atoms with Crippen LogP contribution >= 0.6 is 0 Å². The highest BCUT2D eigenvalue weighted by molar-refractivity contribution is 5.16. The normalized spacial score (nSPS) is 29.7. The molecule has 24 heavy (non-hydrogen) atoms. The van der Waals surface area contributed by atoms with Crippen molar-refractivity contribution in [1.82, 2.24) is 4.90 Å². The van der Waals surface area contributed by atoms with Crippen LogP contribution in [0.25, 0.3) is 0 Å². The molecule has 2 saturated heterocycles. The molecule has 0 aromatic heterocycles. The van der Waals surface area contributed by atoms with Crippen LogP contribution in [0.2, 0.25) is 0 Å². The van der Waals surface area contributed by atoms with E-state index in [0.29, 0.717) is 12.0 Å². The van der Waals surface area contributed by atoms with Gasteiger partial charge in [-0.05, 0) is 50.0 Å². The molecule has 0 radical (unpaired) electrons. The van der Waals surface area contributed by atoms with Gasteiger partial charge in [-0.3, -0.25) is 4.90 Å². The minimum atomic E-state index is 0.446. The molecule has 1 aromatic rings. The smallest absolute Gasteiger partial charge is 0.0631 e. The van der Waals surface area contributed by atoms with Crippen molar-refractivity contribution in [1.29, 1.82) is 0 Å². The van der Waals surface area contributed by atoms with E-state index >= 15 is 0 Å². The summed E-state index contributed by atoms with van der Waals surface area (Å²) in [5.41, 5.74) is 1.45. The maximum Gasteiger partial charge on any atom is 0.0631 e. The molecule has 0 N–H and O–H groups in total. The second-order valence-electron chi connectivity index (χ2n) is 7.89. The predicted molar refractivity (Wildman–Crippen MR) is 96.1 cm³/mol. The second kappa shape index (κ2) is 7.99. The Bertz CT molecular complexity index is 496. The Labute approximate surface area is 146 Å². The number of nitrogens with zero attached hydrogens (tertiary/aromatic N) is 1. The number of hydrogen-bond donors (Lipinski definition) is 0. The lowest BCUT2D eigenvalue weighted by atomic mass is 9.87. The first kappa shape index (κ1) is 16.6. The van der Waals surface area contributed by atoms with Crippen LogP contribution < -0.4 is 0 Å². The van der Waals surface area contributed by atoms with Gasteiger partial charge in [0.1, 0.15) is 0 Å². The molecule has 2 aliphatic heterocycles. The van der Waals surface area contributed by atoms with E-state index in [1.165, 1.54) is 50.8 Å². The van der Waals surface area contributed by atoms with E-state index < -0.39 is 0 Å². The van der Waals surface area contributed by atoms with Crippen LogP contribution in [0.4, 0.5) is 0 Å². The van der Waals surface area contributed by atoms with Gasteiger partial charge in [-0.15, -0.1) is 0 Å². The monoisotopic (exact) mass is 329 g/mol. The van der Waals surface area contributed by atoms with Gasteiger partial charge in [0.05, 0.1) is 6.10 Å². The number of rotatable bonds is 6. The Kier molecular flexibility index (Phi) is 5.51. The standard InChI is InChI=1S/C21H31NO2/c1-2-4-17(5-3-1)14-19-15-22(20-9-12-23-13-10-20)11-8-21(19)24-16-18-6-7-18/h1-5,18-21H,6-16H2/t19-,21-/m0/s1. The van der Waals surface area contributed by atoms with Crippen molar-refractivity contribution in [2.75, 3.05) is 32.9 Å². The Balaban J connectivity index is 1.40. The van der Waals surface area contributed by atoms with E-state index in [4.69, 9.17) is 9.47 Å². The fourth-order valence-electron chi connectivity index (χ4n) is 4.30. The van der Waals surface area contributed by atoms with Gasteiger partial charge < -0.3 is 9.47 Å². The minimum absolute atomic E-state index is 0.446. The molecule has 1 aliphatic carbocycles. The van der Waals surface area contributed by atoms with Crippen LogP contribution in [-0.2, 0) is 15.9 Å². The van der Waals surface area contributed by atoms with Crippen molar-refractivity contribution in [3.63, 3.8) is 0 Å². The van der Waals surface area contributed by atoms with Crippen molar-refractivity contribution in [2.45, 2.75) is 50.7 Å². The summed E-state index contributed by atoms with van der Waals surface area (Å²) in [5, 5.41) is 0. The fraction of sp³-hybridized carbons (Fsp3) is 0.714. The fourth-order valence-corrected chi connectivity index (χ4v) is 4.30. The van der Waals surface area contributed by atoms with Crippen LogP contribution in [0.1, 0.15) is 37.7 Å². The van der Waals surface area contributed by atoms with Crippen LogP contribution in [0.3, 0.4) is 0 Å². The number of hydrogen-bond acceptors (Lipinski definition) is 3. The molecule has 2 atom stereocenters. The summed E-state index contributed by atoms with van der Waals surface area (Å²) in [7, 11) is 0. The highest BCUT2D eigenvalue weighted by atomic mass is 16.5. The number of piperidine rings is 1. The topological polar surface area (TPSA) is 21.7 Å². The molecule has 1 aromatic carbocycles. The molecule has 1 saturated carbocycles. The molecule has 0 bridgehead atoms. The number of benzene rings is 1. The molecule has 0 amide bonds. The summed E-state index contributed by atoms with van der Waals surface area (Å²) >= 11 is 0. The number of likely N-dealkylation sites (tertiary alicyclic amines) is 1. The van der Waals surface area contributed by atoms with Crippen molar-refractivity contribution in [2.24, 2.45) is 11.8 Å².